The predicted molar refractivity (Wildman–Crippen MR) is 157 cm³/mol. The molecular formula is C34H32O7. The fourth-order valence-corrected chi connectivity index (χ4v) is 5.39. The maximum absolute atomic E-state index is 13.6. The van der Waals surface area contributed by atoms with Gasteiger partial charge in [-0.15, -0.1) is 0 Å². The highest BCUT2D eigenvalue weighted by atomic mass is 16.5. The van der Waals surface area contributed by atoms with Gasteiger partial charge in [-0.3, -0.25) is 4.79 Å². The highest BCUT2D eigenvalue weighted by Gasteiger charge is 2.39. The Kier molecular flexibility index (Phi) is 7.81. The summed E-state index contributed by atoms with van der Waals surface area (Å²) in [4.78, 5) is 26.0. The second-order valence-corrected chi connectivity index (χ2v) is 9.79. The van der Waals surface area contributed by atoms with E-state index in [1.165, 1.54) is 7.11 Å². The van der Waals surface area contributed by atoms with Crippen LogP contribution in [-0.2, 0) is 15.1 Å². The van der Waals surface area contributed by atoms with Crippen LogP contribution < -0.4 is 14.2 Å². The minimum Gasteiger partial charge on any atom is -0.497 e. The third kappa shape index (κ3) is 4.93. The molecule has 0 radical (unpaired) electrons. The molecule has 210 valence electrons. The van der Waals surface area contributed by atoms with Gasteiger partial charge in [0, 0.05) is 41.2 Å². The summed E-state index contributed by atoms with van der Waals surface area (Å²) in [6.45, 7) is 2.19. The van der Waals surface area contributed by atoms with Crippen LogP contribution in [-0.4, -0.2) is 46.8 Å². The molecule has 0 atom stereocenters. The van der Waals surface area contributed by atoms with E-state index in [9.17, 15) is 9.59 Å². The zero-order valence-corrected chi connectivity index (χ0v) is 23.8. The molecule has 1 aliphatic rings. The molecule has 1 heterocycles. The minimum absolute atomic E-state index is 0.0689. The molecule has 0 aliphatic carbocycles. The van der Waals surface area contributed by atoms with Crippen LogP contribution in [0.5, 0.6) is 17.2 Å². The first-order valence-corrected chi connectivity index (χ1v) is 13.2. The summed E-state index contributed by atoms with van der Waals surface area (Å²) in [5.41, 5.74) is 3.11. The Morgan fingerprint density at radius 1 is 0.805 bits per heavy atom. The number of methoxy groups -OCH3 is 4. The molecular weight excluding hydrogens is 520 g/mol. The maximum Gasteiger partial charge on any atom is 0.337 e. The molecule has 0 fully saturated rings. The smallest absolute Gasteiger partial charge is 0.337 e. The second-order valence-electron chi connectivity index (χ2n) is 9.79. The number of esters is 1. The van der Waals surface area contributed by atoms with E-state index in [2.05, 4.69) is 0 Å². The highest BCUT2D eigenvalue weighted by molar-refractivity contribution is 6.10. The number of benzene rings is 4. The van der Waals surface area contributed by atoms with Crippen LogP contribution in [0.25, 0.3) is 16.8 Å². The van der Waals surface area contributed by atoms with Crippen LogP contribution in [0, 0.1) is 6.92 Å². The van der Waals surface area contributed by atoms with Gasteiger partial charge < -0.3 is 23.7 Å². The fourth-order valence-electron chi connectivity index (χ4n) is 5.39. The van der Waals surface area contributed by atoms with E-state index in [0.717, 1.165) is 39.0 Å². The minimum atomic E-state index is -1.03. The van der Waals surface area contributed by atoms with E-state index in [-0.39, 0.29) is 12.2 Å². The molecule has 4 aromatic rings. The van der Waals surface area contributed by atoms with Gasteiger partial charge >= 0.3 is 5.97 Å². The topological polar surface area (TPSA) is 80.3 Å². The summed E-state index contributed by atoms with van der Waals surface area (Å²) in [5.74, 6) is 1.47. The number of hydrogen-bond donors (Lipinski definition) is 0. The maximum atomic E-state index is 13.6. The summed E-state index contributed by atoms with van der Waals surface area (Å²) < 4.78 is 28.0. The molecule has 7 nitrogen and oxygen atoms in total. The number of carbonyl (C=O) groups excluding carboxylic acids is 2. The molecule has 0 saturated carbocycles. The van der Waals surface area contributed by atoms with E-state index < -0.39 is 11.6 Å². The first kappa shape index (κ1) is 27.9. The van der Waals surface area contributed by atoms with Gasteiger partial charge in [-0.25, -0.2) is 4.79 Å². The standard InChI is InChI=1S/C34H32O7/c1-21-29-20-22(33(36)40-5)6-15-27(29)32-28(31(21)30(35)17-19-37-2)16-18-34(41-32,23-7-11-25(38-3)12-8-23)24-9-13-26(39-4)14-10-24/h6-16,18,20H,17,19H2,1-5H3. The molecule has 0 bridgehead atoms. The Labute approximate surface area is 239 Å². The number of fused-ring (bicyclic) bond motifs is 3. The Hall–Kier alpha value is -4.62. The lowest BCUT2D eigenvalue weighted by atomic mass is 9.81. The number of ether oxygens (including phenoxy) is 5. The van der Waals surface area contributed by atoms with Gasteiger partial charge in [-0.2, -0.15) is 0 Å². The van der Waals surface area contributed by atoms with Gasteiger partial charge in [0.05, 0.1) is 33.5 Å². The Balaban J connectivity index is 1.79. The molecule has 0 spiro atoms. The summed E-state index contributed by atoms with van der Waals surface area (Å²) in [6.07, 6.45) is 4.16. The van der Waals surface area contributed by atoms with Gasteiger partial charge in [-0.05, 0) is 72.5 Å². The van der Waals surface area contributed by atoms with Crippen LogP contribution in [0.15, 0.2) is 72.8 Å². The third-order valence-corrected chi connectivity index (χ3v) is 7.58. The van der Waals surface area contributed by atoms with Gasteiger partial charge in [0.2, 0.25) is 0 Å². The molecule has 1 aliphatic heterocycles. The van der Waals surface area contributed by atoms with Crippen molar-refractivity contribution in [1.29, 1.82) is 0 Å². The van der Waals surface area contributed by atoms with Gasteiger partial charge in [0.1, 0.15) is 17.2 Å². The van der Waals surface area contributed by atoms with E-state index in [1.807, 2.05) is 73.7 Å². The molecule has 0 amide bonds. The van der Waals surface area contributed by atoms with Crippen molar-refractivity contribution < 1.29 is 33.3 Å². The van der Waals surface area contributed by atoms with Crippen molar-refractivity contribution in [3.8, 4) is 17.2 Å². The highest BCUT2D eigenvalue weighted by Crippen LogP contribution is 2.48. The summed E-state index contributed by atoms with van der Waals surface area (Å²) >= 11 is 0. The van der Waals surface area contributed by atoms with Crippen molar-refractivity contribution in [2.24, 2.45) is 0 Å². The van der Waals surface area contributed by atoms with Crippen molar-refractivity contribution in [2.75, 3.05) is 35.0 Å². The number of Topliss-reactive ketones (excluding diaryl/α,β-unsaturated/α-hetero) is 1. The van der Waals surface area contributed by atoms with Crippen LogP contribution in [0.3, 0.4) is 0 Å². The molecule has 5 rings (SSSR count). The average molecular weight is 553 g/mol. The van der Waals surface area contributed by atoms with E-state index in [1.54, 1.807) is 33.5 Å². The number of hydrogen-bond acceptors (Lipinski definition) is 7. The average Bonchev–Trinajstić information content (AvgIpc) is 3.03. The second kappa shape index (κ2) is 11.5. The molecule has 0 saturated heterocycles. The fraction of sp³-hybridized carbons (Fsp3) is 0.235. The SMILES string of the molecule is COCCC(=O)c1c2c(c3ccc(C(=O)OC)cc3c1C)OC(c1ccc(OC)cc1)(c1ccc(OC)cc1)C=C2. The lowest BCUT2D eigenvalue weighted by Crippen LogP contribution is -2.34. The number of ketones is 1. The Morgan fingerprint density at radius 2 is 1.41 bits per heavy atom. The molecule has 0 unspecified atom stereocenters. The first-order chi connectivity index (χ1) is 19.9. The van der Waals surface area contributed by atoms with Crippen molar-refractivity contribution in [3.63, 3.8) is 0 Å². The van der Waals surface area contributed by atoms with Crippen LogP contribution >= 0.6 is 0 Å². The lowest BCUT2D eigenvalue weighted by molar-refractivity contribution is 0.0600. The Morgan fingerprint density at radius 3 is 1.95 bits per heavy atom. The first-order valence-electron chi connectivity index (χ1n) is 13.2. The zero-order valence-electron chi connectivity index (χ0n) is 23.8. The quantitative estimate of drug-likeness (QED) is 0.173. The van der Waals surface area contributed by atoms with Crippen molar-refractivity contribution in [3.05, 3.63) is 106 Å². The number of aryl methyl sites for hydroxylation is 1. The molecule has 4 aromatic carbocycles. The number of carbonyl (C=O) groups is 2. The molecule has 7 heteroatoms. The van der Waals surface area contributed by atoms with Crippen molar-refractivity contribution in [1.82, 2.24) is 0 Å². The zero-order chi connectivity index (χ0) is 29.1. The lowest BCUT2D eigenvalue weighted by Gasteiger charge is -2.37. The summed E-state index contributed by atoms with van der Waals surface area (Å²) in [6, 6.07) is 20.8. The molecule has 0 N–H and O–H groups in total. The molecule has 41 heavy (non-hydrogen) atoms. The van der Waals surface area contributed by atoms with Crippen molar-refractivity contribution in [2.45, 2.75) is 18.9 Å². The summed E-state index contributed by atoms with van der Waals surface area (Å²) in [5, 5.41) is 1.52. The van der Waals surface area contributed by atoms with E-state index in [4.69, 9.17) is 23.7 Å². The monoisotopic (exact) mass is 552 g/mol. The normalized spacial score (nSPS) is 13.3. The number of rotatable bonds is 9. The summed E-state index contributed by atoms with van der Waals surface area (Å²) in [7, 11) is 6.17. The van der Waals surface area contributed by atoms with Crippen LogP contribution in [0.2, 0.25) is 0 Å². The van der Waals surface area contributed by atoms with Gasteiger partial charge in [0.25, 0.3) is 0 Å². The largest absolute Gasteiger partial charge is 0.497 e. The van der Waals surface area contributed by atoms with Crippen molar-refractivity contribution >= 4 is 28.6 Å². The van der Waals surface area contributed by atoms with Crippen LogP contribution in [0.1, 0.15) is 49.4 Å². The van der Waals surface area contributed by atoms with E-state index >= 15 is 0 Å². The molecule has 0 aromatic heterocycles. The Bertz CT molecular complexity index is 1590. The van der Waals surface area contributed by atoms with Crippen LogP contribution in [0.4, 0.5) is 0 Å². The predicted octanol–water partition coefficient (Wildman–Crippen LogP) is 6.52. The van der Waals surface area contributed by atoms with Gasteiger partial charge in [0.15, 0.2) is 11.4 Å². The van der Waals surface area contributed by atoms with Gasteiger partial charge in [-0.1, -0.05) is 24.3 Å². The van der Waals surface area contributed by atoms with E-state index in [0.29, 0.717) is 29.0 Å². The third-order valence-electron chi connectivity index (χ3n) is 7.58.